The van der Waals surface area contributed by atoms with Gasteiger partial charge in [0, 0.05) is 29.4 Å². The van der Waals surface area contributed by atoms with E-state index in [1.807, 2.05) is 36.1 Å². The molecule has 0 saturated heterocycles. The van der Waals surface area contributed by atoms with Crippen LogP contribution in [-0.2, 0) is 6.61 Å². The first-order chi connectivity index (χ1) is 10.2. The van der Waals surface area contributed by atoms with Gasteiger partial charge in [0.25, 0.3) is 0 Å². The fraction of sp³-hybridized carbons (Fsp3) is 0.267. The normalized spacial score (nSPS) is 12.7. The van der Waals surface area contributed by atoms with E-state index in [-0.39, 0.29) is 11.9 Å². The zero-order valence-corrected chi connectivity index (χ0v) is 12.7. The summed E-state index contributed by atoms with van der Waals surface area (Å²) in [6, 6.07) is 4.59. The molecule has 2 aromatic heterocycles. The van der Waals surface area contributed by atoms with Crippen molar-refractivity contribution >= 4 is 16.3 Å². The topological polar surface area (TPSA) is 38.6 Å². The number of fused-ring (bicyclic) bond motifs is 1. The fourth-order valence-electron chi connectivity index (χ4n) is 2.14. The van der Waals surface area contributed by atoms with Gasteiger partial charge in [-0.15, -0.1) is 11.3 Å². The molecular weight excluding hydrogens is 289 g/mol. The molecule has 1 aromatic carbocycles. The van der Waals surface area contributed by atoms with E-state index in [0.29, 0.717) is 12.4 Å². The summed E-state index contributed by atoms with van der Waals surface area (Å²) in [5.41, 5.74) is 1.66. The van der Waals surface area contributed by atoms with Gasteiger partial charge in [0.15, 0.2) is 4.96 Å². The maximum absolute atomic E-state index is 13.4. The Balaban J connectivity index is 1.79. The molecule has 0 aliphatic heterocycles. The van der Waals surface area contributed by atoms with Gasteiger partial charge in [0.05, 0.1) is 5.69 Å². The van der Waals surface area contributed by atoms with Crippen LogP contribution in [0, 0.1) is 5.82 Å². The van der Waals surface area contributed by atoms with Crippen LogP contribution in [0.15, 0.2) is 36.0 Å². The molecule has 3 aromatic rings. The zero-order chi connectivity index (χ0) is 14.8. The molecule has 3 rings (SSSR count). The Morgan fingerprint density at radius 3 is 3.10 bits per heavy atom. The lowest BCUT2D eigenvalue weighted by molar-refractivity contribution is 0.295. The standard InChI is InChI=1S/C15H16FN3OS/c1-10(17-2)13-7-11(16)3-4-14(13)20-9-12-8-19-5-6-21-15(19)18-12/h3-8,10,17H,9H2,1-2H3. The van der Waals surface area contributed by atoms with Crippen molar-refractivity contribution in [1.29, 1.82) is 0 Å². The van der Waals surface area contributed by atoms with Crippen LogP contribution < -0.4 is 10.1 Å². The number of aromatic nitrogens is 2. The number of nitrogens with zero attached hydrogens (tertiary/aromatic N) is 2. The molecule has 1 N–H and O–H groups in total. The van der Waals surface area contributed by atoms with Gasteiger partial charge in [-0.2, -0.15) is 0 Å². The minimum Gasteiger partial charge on any atom is -0.487 e. The van der Waals surface area contributed by atoms with Crippen LogP contribution in [0.3, 0.4) is 0 Å². The van der Waals surface area contributed by atoms with Gasteiger partial charge in [-0.1, -0.05) is 0 Å². The molecule has 4 nitrogen and oxygen atoms in total. The molecule has 1 atom stereocenters. The largest absolute Gasteiger partial charge is 0.487 e. The fourth-order valence-corrected chi connectivity index (χ4v) is 2.86. The second-order valence-corrected chi connectivity index (χ2v) is 5.68. The second-order valence-electron chi connectivity index (χ2n) is 4.81. The van der Waals surface area contributed by atoms with E-state index in [2.05, 4.69) is 10.3 Å². The number of halogens is 1. The Hall–Kier alpha value is -1.92. The predicted octanol–water partition coefficient (Wildman–Crippen LogP) is 3.39. The van der Waals surface area contributed by atoms with E-state index in [0.717, 1.165) is 16.2 Å². The molecule has 0 spiro atoms. The quantitative estimate of drug-likeness (QED) is 0.785. The Morgan fingerprint density at radius 2 is 2.33 bits per heavy atom. The summed E-state index contributed by atoms with van der Waals surface area (Å²) in [4.78, 5) is 5.41. The first kappa shape index (κ1) is 14.0. The van der Waals surface area contributed by atoms with Crippen LogP contribution in [-0.4, -0.2) is 16.4 Å². The lowest BCUT2D eigenvalue weighted by Crippen LogP contribution is -2.14. The molecule has 0 bridgehead atoms. The molecule has 21 heavy (non-hydrogen) atoms. The minimum atomic E-state index is -0.262. The van der Waals surface area contributed by atoms with Crippen LogP contribution >= 0.6 is 11.3 Å². The van der Waals surface area contributed by atoms with Gasteiger partial charge < -0.3 is 10.1 Å². The van der Waals surface area contributed by atoms with Crippen LogP contribution in [0.2, 0.25) is 0 Å². The molecule has 0 saturated carbocycles. The summed E-state index contributed by atoms with van der Waals surface area (Å²) in [6.45, 7) is 2.33. The molecule has 0 radical (unpaired) electrons. The third-order valence-electron chi connectivity index (χ3n) is 3.39. The number of rotatable bonds is 5. The Bertz CT molecular complexity index is 724. The molecule has 0 fully saturated rings. The Labute approximate surface area is 126 Å². The zero-order valence-electron chi connectivity index (χ0n) is 11.8. The highest BCUT2D eigenvalue weighted by molar-refractivity contribution is 7.15. The van der Waals surface area contributed by atoms with Crippen molar-refractivity contribution in [1.82, 2.24) is 14.7 Å². The van der Waals surface area contributed by atoms with Crippen LogP contribution in [0.1, 0.15) is 24.2 Å². The first-order valence-electron chi connectivity index (χ1n) is 6.68. The summed E-state index contributed by atoms with van der Waals surface area (Å²) >= 11 is 1.58. The third-order valence-corrected chi connectivity index (χ3v) is 4.16. The van der Waals surface area contributed by atoms with Gasteiger partial charge in [0.2, 0.25) is 0 Å². The minimum absolute atomic E-state index is 0.0150. The smallest absolute Gasteiger partial charge is 0.193 e. The summed E-state index contributed by atoms with van der Waals surface area (Å²) < 4.78 is 21.2. The highest BCUT2D eigenvalue weighted by Crippen LogP contribution is 2.26. The molecule has 1 unspecified atom stereocenters. The monoisotopic (exact) mass is 305 g/mol. The van der Waals surface area contributed by atoms with E-state index in [9.17, 15) is 4.39 Å². The van der Waals surface area contributed by atoms with E-state index in [1.165, 1.54) is 12.1 Å². The maximum Gasteiger partial charge on any atom is 0.193 e. The molecule has 6 heteroatoms. The third kappa shape index (κ3) is 2.91. The van der Waals surface area contributed by atoms with E-state index in [4.69, 9.17) is 4.74 Å². The lowest BCUT2D eigenvalue weighted by atomic mass is 10.1. The van der Waals surface area contributed by atoms with E-state index >= 15 is 0 Å². The number of imidazole rings is 1. The van der Waals surface area contributed by atoms with Crippen molar-refractivity contribution in [3.63, 3.8) is 0 Å². The highest BCUT2D eigenvalue weighted by Gasteiger charge is 2.12. The Kier molecular flexibility index (Phi) is 3.90. The average molecular weight is 305 g/mol. The molecule has 110 valence electrons. The lowest BCUT2D eigenvalue weighted by Gasteiger charge is -2.16. The number of hydrogen-bond donors (Lipinski definition) is 1. The van der Waals surface area contributed by atoms with Crippen molar-refractivity contribution in [2.75, 3.05) is 7.05 Å². The van der Waals surface area contributed by atoms with E-state index in [1.54, 1.807) is 17.4 Å². The van der Waals surface area contributed by atoms with Crippen molar-refractivity contribution < 1.29 is 9.13 Å². The van der Waals surface area contributed by atoms with Gasteiger partial charge in [-0.05, 0) is 32.2 Å². The summed E-state index contributed by atoms with van der Waals surface area (Å²) in [5.74, 6) is 0.413. The second kappa shape index (κ2) is 5.83. The van der Waals surface area contributed by atoms with Gasteiger partial charge in [0.1, 0.15) is 18.2 Å². The van der Waals surface area contributed by atoms with Gasteiger partial charge in [-0.3, -0.25) is 4.40 Å². The number of thiazole rings is 1. The van der Waals surface area contributed by atoms with Gasteiger partial charge >= 0.3 is 0 Å². The number of ether oxygens (including phenoxy) is 1. The molecule has 0 aliphatic rings. The van der Waals surface area contributed by atoms with Crippen molar-refractivity contribution in [3.05, 3.63) is 53.0 Å². The summed E-state index contributed by atoms with van der Waals surface area (Å²) in [6.07, 6.45) is 3.90. The number of hydrogen-bond acceptors (Lipinski definition) is 4. The molecule has 0 aliphatic carbocycles. The van der Waals surface area contributed by atoms with Gasteiger partial charge in [-0.25, -0.2) is 9.37 Å². The number of benzene rings is 1. The Morgan fingerprint density at radius 1 is 1.48 bits per heavy atom. The van der Waals surface area contributed by atoms with Crippen LogP contribution in [0.5, 0.6) is 5.75 Å². The molecule has 2 heterocycles. The average Bonchev–Trinajstić information content (AvgIpc) is 3.06. The molecule has 0 amide bonds. The summed E-state index contributed by atoms with van der Waals surface area (Å²) in [5, 5.41) is 5.09. The number of nitrogens with one attached hydrogen (secondary N) is 1. The van der Waals surface area contributed by atoms with E-state index < -0.39 is 0 Å². The first-order valence-corrected chi connectivity index (χ1v) is 7.56. The molecular formula is C15H16FN3OS. The SMILES string of the molecule is CNC(C)c1cc(F)ccc1OCc1cn2ccsc2n1. The highest BCUT2D eigenvalue weighted by atomic mass is 32.1. The predicted molar refractivity (Wildman–Crippen MR) is 81.3 cm³/mol. The van der Waals surface area contributed by atoms with Crippen LogP contribution in [0.4, 0.5) is 4.39 Å². The van der Waals surface area contributed by atoms with Crippen molar-refractivity contribution in [2.45, 2.75) is 19.6 Å². The van der Waals surface area contributed by atoms with Crippen molar-refractivity contribution in [3.8, 4) is 5.75 Å². The van der Waals surface area contributed by atoms with Crippen molar-refractivity contribution in [2.24, 2.45) is 0 Å². The summed E-state index contributed by atoms with van der Waals surface area (Å²) in [7, 11) is 1.84. The van der Waals surface area contributed by atoms with Crippen LogP contribution in [0.25, 0.3) is 4.96 Å². The maximum atomic E-state index is 13.4.